The van der Waals surface area contributed by atoms with Crippen LogP contribution in [0, 0.1) is 13.8 Å². The molecule has 8 nitrogen and oxygen atoms in total. The minimum absolute atomic E-state index is 0.126. The third kappa shape index (κ3) is 5.11. The molecule has 0 aliphatic carbocycles. The molecule has 0 atom stereocenters. The average molecular weight is 447 g/mol. The number of ether oxygens (including phenoxy) is 1. The number of carbonyl (C=O) groups is 3. The van der Waals surface area contributed by atoms with E-state index < -0.39 is 18.5 Å². The highest BCUT2D eigenvalue weighted by Gasteiger charge is 2.21. The number of anilines is 1. The van der Waals surface area contributed by atoms with Crippen LogP contribution in [0.25, 0.3) is 5.69 Å². The molecule has 1 aromatic heterocycles. The molecule has 1 N–H and O–H groups in total. The summed E-state index contributed by atoms with van der Waals surface area (Å²) in [5.41, 5.74) is 4.13. The van der Waals surface area contributed by atoms with Gasteiger partial charge in [-0.25, -0.2) is 9.48 Å². The molecule has 3 aromatic rings. The Hall–Kier alpha value is -3.94. The van der Waals surface area contributed by atoms with E-state index in [1.807, 2.05) is 50.2 Å². The Morgan fingerprint density at radius 3 is 2.61 bits per heavy atom. The lowest BCUT2D eigenvalue weighted by atomic mass is 10.1. The molecule has 0 saturated carbocycles. The fraction of sp³-hybridized carbons (Fsp3) is 0.280. The number of rotatable bonds is 7. The zero-order chi connectivity index (χ0) is 23.4. The molecule has 2 heterocycles. The van der Waals surface area contributed by atoms with Crippen LogP contribution in [0.1, 0.15) is 40.2 Å². The van der Waals surface area contributed by atoms with Crippen LogP contribution in [0.15, 0.2) is 54.6 Å². The number of hydrogen-bond donors (Lipinski definition) is 1. The van der Waals surface area contributed by atoms with E-state index in [-0.39, 0.29) is 5.91 Å². The van der Waals surface area contributed by atoms with Gasteiger partial charge < -0.3 is 15.0 Å². The van der Waals surface area contributed by atoms with Gasteiger partial charge in [0.05, 0.1) is 28.3 Å². The molecule has 0 spiro atoms. The summed E-state index contributed by atoms with van der Waals surface area (Å²) in [5, 5.41) is 7.30. The van der Waals surface area contributed by atoms with Crippen LogP contribution in [0.5, 0.6) is 0 Å². The summed E-state index contributed by atoms with van der Waals surface area (Å²) < 4.78 is 6.98. The van der Waals surface area contributed by atoms with E-state index in [1.165, 1.54) is 0 Å². The second kappa shape index (κ2) is 9.68. The molecular weight excluding hydrogens is 420 g/mol. The van der Waals surface area contributed by atoms with Crippen LogP contribution >= 0.6 is 0 Å². The van der Waals surface area contributed by atoms with Crippen molar-refractivity contribution in [1.29, 1.82) is 0 Å². The fourth-order valence-corrected chi connectivity index (χ4v) is 3.92. The van der Waals surface area contributed by atoms with Gasteiger partial charge in [0.2, 0.25) is 5.91 Å². The van der Waals surface area contributed by atoms with Crippen LogP contribution in [0.2, 0.25) is 0 Å². The summed E-state index contributed by atoms with van der Waals surface area (Å²) in [6.07, 6.45) is 1.43. The molecule has 1 fully saturated rings. The van der Waals surface area contributed by atoms with Crippen molar-refractivity contribution >= 4 is 23.5 Å². The number of hydrogen-bond acceptors (Lipinski definition) is 5. The van der Waals surface area contributed by atoms with Gasteiger partial charge >= 0.3 is 5.97 Å². The molecule has 8 heteroatoms. The van der Waals surface area contributed by atoms with Crippen molar-refractivity contribution in [2.24, 2.45) is 0 Å². The Kier molecular flexibility index (Phi) is 6.53. The molecule has 1 saturated heterocycles. The minimum Gasteiger partial charge on any atom is -0.452 e. The highest BCUT2D eigenvalue weighted by molar-refractivity contribution is 5.96. The highest BCUT2D eigenvalue weighted by atomic mass is 16.5. The van der Waals surface area contributed by atoms with E-state index in [9.17, 15) is 14.4 Å². The summed E-state index contributed by atoms with van der Waals surface area (Å²) in [5.74, 6) is -0.907. The third-order valence-corrected chi connectivity index (χ3v) is 5.60. The van der Waals surface area contributed by atoms with Gasteiger partial charge in [-0.3, -0.25) is 9.59 Å². The van der Waals surface area contributed by atoms with E-state index in [0.717, 1.165) is 29.9 Å². The third-order valence-electron chi connectivity index (χ3n) is 5.60. The summed E-state index contributed by atoms with van der Waals surface area (Å²) >= 11 is 0. The number of benzene rings is 2. The first-order valence-corrected chi connectivity index (χ1v) is 10.9. The molecule has 2 aromatic carbocycles. The highest BCUT2D eigenvalue weighted by Crippen LogP contribution is 2.22. The van der Waals surface area contributed by atoms with Crippen LogP contribution in [-0.2, 0) is 20.9 Å². The quantitative estimate of drug-likeness (QED) is 0.562. The van der Waals surface area contributed by atoms with Crippen LogP contribution < -0.4 is 5.32 Å². The van der Waals surface area contributed by atoms with Crippen LogP contribution in [0.4, 0.5) is 5.69 Å². The summed E-state index contributed by atoms with van der Waals surface area (Å²) in [4.78, 5) is 38.6. The maximum atomic E-state index is 12.5. The first-order valence-electron chi connectivity index (χ1n) is 10.9. The molecule has 2 amide bonds. The second-order valence-corrected chi connectivity index (χ2v) is 8.04. The summed E-state index contributed by atoms with van der Waals surface area (Å²) in [6.45, 7) is 4.46. The number of carbonyl (C=O) groups excluding carboxylic acids is 3. The standard InChI is InChI=1S/C25H26N4O4/c1-17-24(18(2)29(27-17)21-10-4-3-5-11-21)26-22(30)16-33-25(32)20-9-6-8-19(14-20)15-28-13-7-12-23(28)31/h3-6,8-11,14H,7,12-13,15-16H2,1-2H3,(H,26,30). The van der Waals surface area contributed by atoms with E-state index in [0.29, 0.717) is 29.9 Å². The smallest absolute Gasteiger partial charge is 0.338 e. The van der Waals surface area contributed by atoms with Crippen molar-refractivity contribution in [3.8, 4) is 5.69 Å². The number of nitrogens with zero attached hydrogens (tertiary/aromatic N) is 3. The Morgan fingerprint density at radius 2 is 1.88 bits per heavy atom. The van der Waals surface area contributed by atoms with Gasteiger partial charge in [-0.2, -0.15) is 5.10 Å². The lowest BCUT2D eigenvalue weighted by Gasteiger charge is -2.15. The van der Waals surface area contributed by atoms with E-state index in [1.54, 1.807) is 27.8 Å². The Balaban J connectivity index is 1.36. The summed E-state index contributed by atoms with van der Waals surface area (Å²) in [6, 6.07) is 16.6. The monoisotopic (exact) mass is 446 g/mol. The van der Waals surface area contributed by atoms with Crippen molar-refractivity contribution in [3.05, 3.63) is 77.1 Å². The lowest BCUT2D eigenvalue weighted by molar-refractivity contribution is -0.128. The van der Waals surface area contributed by atoms with Crippen molar-refractivity contribution in [3.63, 3.8) is 0 Å². The van der Waals surface area contributed by atoms with Gasteiger partial charge in [0.15, 0.2) is 6.61 Å². The normalized spacial score (nSPS) is 13.3. The largest absolute Gasteiger partial charge is 0.452 e. The predicted octanol–water partition coefficient (Wildman–Crippen LogP) is 3.41. The number of nitrogens with one attached hydrogen (secondary N) is 1. The van der Waals surface area contributed by atoms with Crippen LogP contribution in [0.3, 0.4) is 0 Å². The van der Waals surface area contributed by atoms with Gasteiger partial charge in [0.25, 0.3) is 5.91 Å². The Morgan fingerprint density at radius 1 is 1.09 bits per heavy atom. The van der Waals surface area contributed by atoms with Gasteiger partial charge in [0, 0.05) is 19.5 Å². The van der Waals surface area contributed by atoms with Gasteiger partial charge in [0.1, 0.15) is 0 Å². The van der Waals surface area contributed by atoms with E-state index in [2.05, 4.69) is 10.4 Å². The molecule has 4 rings (SSSR count). The van der Waals surface area contributed by atoms with E-state index >= 15 is 0 Å². The number of aryl methyl sites for hydroxylation is 1. The maximum absolute atomic E-state index is 12.5. The average Bonchev–Trinajstić information content (AvgIpc) is 3.35. The summed E-state index contributed by atoms with van der Waals surface area (Å²) in [7, 11) is 0. The van der Waals surface area contributed by atoms with E-state index in [4.69, 9.17) is 4.74 Å². The first-order chi connectivity index (χ1) is 15.9. The van der Waals surface area contributed by atoms with Crippen molar-refractivity contribution in [1.82, 2.24) is 14.7 Å². The fourth-order valence-electron chi connectivity index (χ4n) is 3.92. The first kappa shape index (κ1) is 22.3. The maximum Gasteiger partial charge on any atom is 0.338 e. The molecule has 170 valence electrons. The van der Waals surface area contributed by atoms with Crippen LogP contribution in [-0.4, -0.2) is 45.6 Å². The van der Waals surface area contributed by atoms with Crippen molar-refractivity contribution in [2.75, 3.05) is 18.5 Å². The predicted molar refractivity (Wildman–Crippen MR) is 123 cm³/mol. The minimum atomic E-state index is -0.590. The number of esters is 1. The topological polar surface area (TPSA) is 93.5 Å². The van der Waals surface area contributed by atoms with Gasteiger partial charge in [-0.1, -0.05) is 30.3 Å². The molecule has 0 bridgehead atoms. The molecule has 1 aliphatic rings. The molecule has 1 aliphatic heterocycles. The SMILES string of the molecule is Cc1nn(-c2ccccc2)c(C)c1NC(=O)COC(=O)c1cccc(CN2CCCC2=O)c1. The number of aromatic nitrogens is 2. The Bertz CT molecular complexity index is 1190. The zero-order valence-electron chi connectivity index (χ0n) is 18.7. The Labute approximate surface area is 192 Å². The molecule has 0 unspecified atom stereocenters. The molecular formula is C25H26N4O4. The second-order valence-electron chi connectivity index (χ2n) is 8.04. The molecule has 0 radical (unpaired) electrons. The zero-order valence-corrected chi connectivity index (χ0v) is 18.7. The molecule has 33 heavy (non-hydrogen) atoms. The number of likely N-dealkylation sites (tertiary alicyclic amines) is 1. The number of para-hydroxylation sites is 1. The van der Waals surface area contributed by atoms with Gasteiger partial charge in [-0.05, 0) is 50.1 Å². The van der Waals surface area contributed by atoms with Crippen molar-refractivity contribution in [2.45, 2.75) is 33.2 Å². The van der Waals surface area contributed by atoms with Crippen molar-refractivity contribution < 1.29 is 19.1 Å². The lowest BCUT2D eigenvalue weighted by Crippen LogP contribution is -2.24. The number of amides is 2. The van der Waals surface area contributed by atoms with Gasteiger partial charge in [-0.15, -0.1) is 0 Å².